The normalized spacial score (nSPS) is 12.2. The summed E-state index contributed by atoms with van der Waals surface area (Å²) >= 11 is 1.38. The Labute approximate surface area is 98.8 Å². The fraction of sp³-hybridized carbons (Fsp3) is 0.600. The molecule has 0 fully saturated rings. The maximum Gasteiger partial charge on any atom is 0.357 e. The summed E-state index contributed by atoms with van der Waals surface area (Å²) in [5.74, 6) is -0.415. The van der Waals surface area contributed by atoms with Crippen LogP contribution in [0.25, 0.3) is 0 Å². The van der Waals surface area contributed by atoms with Crippen molar-refractivity contribution in [2.75, 3.05) is 25.6 Å². The van der Waals surface area contributed by atoms with Gasteiger partial charge in [-0.05, 0) is 13.8 Å². The second-order valence-electron chi connectivity index (χ2n) is 3.23. The van der Waals surface area contributed by atoms with Gasteiger partial charge >= 0.3 is 5.97 Å². The minimum atomic E-state index is -0.415. The van der Waals surface area contributed by atoms with Gasteiger partial charge in [-0.2, -0.15) is 0 Å². The molecule has 0 bridgehead atoms. The standard InChI is InChI=1S/C10H16N2O3S/c1-4-15-5-7(2)11-10-12-8(6-16-10)9(13)14-3/h6-7H,4-5H2,1-3H3,(H,11,12). The van der Waals surface area contributed by atoms with Crippen molar-refractivity contribution in [1.29, 1.82) is 0 Å². The quantitative estimate of drug-likeness (QED) is 0.773. The zero-order chi connectivity index (χ0) is 12.0. The zero-order valence-corrected chi connectivity index (χ0v) is 10.5. The van der Waals surface area contributed by atoms with Crippen LogP contribution in [0.3, 0.4) is 0 Å². The maximum atomic E-state index is 11.2. The highest BCUT2D eigenvalue weighted by atomic mass is 32.1. The van der Waals surface area contributed by atoms with Crippen molar-refractivity contribution in [3.8, 4) is 0 Å². The van der Waals surface area contributed by atoms with Gasteiger partial charge in [0.25, 0.3) is 0 Å². The van der Waals surface area contributed by atoms with Crippen molar-refractivity contribution in [3.63, 3.8) is 0 Å². The number of aromatic nitrogens is 1. The van der Waals surface area contributed by atoms with Crippen LogP contribution in [0.15, 0.2) is 5.38 Å². The van der Waals surface area contributed by atoms with E-state index in [9.17, 15) is 4.79 Å². The minimum Gasteiger partial charge on any atom is -0.464 e. The largest absolute Gasteiger partial charge is 0.464 e. The van der Waals surface area contributed by atoms with E-state index in [1.54, 1.807) is 5.38 Å². The molecule has 1 atom stereocenters. The smallest absolute Gasteiger partial charge is 0.357 e. The molecule has 1 unspecified atom stereocenters. The summed E-state index contributed by atoms with van der Waals surface area (Å²) in [7, 11) is 1.34. The Morgan fingerprint density at radius 3 is 3.06 bits per heavy atom. The van der Waals surface area contributed by atoms with Crippen molar-refractivity contribution in [3.05, 3.63) is 11.1 Å². The molecule has 0 saturated heterocycles. The van der Waals surface area contributed by atoms with E-state index in [-0.39, 0.29) is 6.04 Å². The van der Waals surface area contributed by atoms with Gasteiger partial charge in [0, 0.05) is 18.0 Å². The van der Waals surface area contributed by atoms with Crippen molar-refractivity contribution in [2.24, 2.45) is 0 Å². The van der Waals surface area contributed by atoms with Gasteiger partial charge in [-0.1, -0.05) is 0 Å². The number of nitrogens with zero attached hydrogens (tertiary/aromatic N) is 1. The number of ether oxygens (including phenoxy) is 2. The molecule has 1 aromatic heterocycles. The lowest BCUT2D eigenvalue weighted by molar-refractivity contribution is 0.0595. The lowest BCUT2D eigenvalue weighted by Crippen LogP contribution is -2.21. The van der Waals surface area contributed by atoms with Gasteiger partial charge in [0.15, 0.2) is 10.8 Å². The Morgan fingerprint density at radius 2 is 2.44 bits per heavy atom. The van der Waals surface area contributed by atoms with Crippen LogP contribution in [0.2, 0.25) is 0 Å². The Balaban J connectivity index is 2.48. The highest BCUT2D eigenvalue weighted by Gasteiger charge is 2.11. The number of hydrogen-bond donors (Lipinski definition) is 1. The monoisotopic (exact) mass is 244 g/mol. The van der Waals surface area contributed by atoms with Gasteiger partial charge in [-0.25, -0.2) is 9.78 Å². The molecule has 0 aliphatic heterocycles. The third kappa shape index (κ3) is 3.79. The molecular weight excluding hydrogens is 228 g/mol. The van der Waals surface area contributed by atoms with Gasteiger partial charge in [-0.15, -0.1) is 11.3 Å². The molecule has 0 amide bonds. The van der Waals surface area contributed by atoms with E-state index >= 15 is 0 Å². The Bertz CT molecular complexity index is 341. The maximum absolute atomic E-state index is 11.2. The van der Waals surface area contributed by atoms with Crippen LogP contribution in [0.5, 0.6) is 0 Å². The molecule has 0 saturated carbocycles. The number of rotatable bonds is 6. The molecule has 6 heteroatoms. The van der Waals surface area contributed by atoms with E-state index in [0.29, 0.717) is 24.0 Å². The van der Waals surface area contributed by atoms with Crippen LogP contribution < -0.4 is 5.32 Å². The first-order chi connectivity index (χ1) is 7.67. The van der Waals surface area contributed by atoms with Gasteiger partial charge in [0.1, 0.15) is 0 Å². The van der Waals surface area contributed by atoms with Gasteiger partial charge in [0.2, 0.25) is 0 Å². The van der Waals surface area contributed by atoms with Gasteiger partial charge < -0.3 is 14.8 Å². The number of thiazole rings is 1. The molecule has 0 aliphatic carbocycles. The summed E-state index contributed by atoms with van der Waals surface area (Å²) < 4.78 is 9.84. The number of carbonyl (C=O) groups excluding carboxylic acids is 1. The number of carbonyl (C=O) groups is 1. The predicted octanol–water partition coefficient (Wildman–Crippen LogP) is 1.77. The molecule has 90 valence electrons. The first-order valence-corrected chi connectivity index (χ1v) is 5.93. The molecule has 5 nitrogen and oxygen atoms in total. The van der Waals surface area contributed by atoms with E-state index in [4.69, 9.17) is 4.74 Å². The third-order valence-corrected chi connectivity index (χ3v) is 2.61. The fourth-order valence-corrected chi connectivity index (χ4v) is 1.88. The van der Waals surface area contributed by atoms with Gasteiger partial charge in [0.05, 0.1) is 13.7 Å². The predicted molar refractivity (Wildman–Crippen MR) is 63.0 cm³/mol. The van der Waals surface area contributed by atoms with E-state index < -0.39 is 5.97 Å². The molecule has 1 aromatic rings. The zero-order valence-electron chi connectivity index (χ0n) is 9.65. The van der Waals surface area contributed by atoms with Crippen molar-refractivity contribution >= 4 is 22.4 Å². The van der Waals surface area contributed by atoms with E-state index in [1.165, 1.54) is 18.4 Å². The van der Waals surface area contributed by atoms with Gasteiger partial charge in [-0.3, -0.25) is 0 Å². The lowest BCUT2D eigenvalue weighted by atomic mass is 10.4. The molecule has 1 heterocycles. The Kier molecular flexibility index (Phi) is 5.21. The highest BCUT2D eigenvalue weighted by molar-refractivity contribution is 7.13. The summed E-state index contributed by atoms with van der Waals surface area (Å²) in [5.41, 5.74) is 0.332. The molecule has 1 rings (SSSR count). The van der Waals surface area contributed by atoms with E-state index in [1.807, 2.05) is 13.8 Å². The molecule has 1 N–H and O–H groups in total. The lowest BCUT2D eigenvalue weighted by Gasteiger charge is -2.11. The van der Waals surface area contributed by atoms with E-state index in [2.05, 4.69) is 15.0 Å². The first-order valence-electron chi connectivity index (χ1n) is 5.05. The summed E-state index contributed by atoms with van der Waals surface area (Å²) in [6.45, 7) is 5.25. The van der Waals surface area contributed by atoms with Crippen LogP contribution in [0.4, 0.5) is 5.13 Å². The molecule has 0 spiro atoms. The number of methoxy groups -OCH3 is 1. The molecule has 16 heavy (non-hydrogen) atoms. The van der Waals surface area contributed by atoms with E-state index in [0.717, 1.165) is 0 Å². The highest BCUT2D eigenvalue weighted by Crippen LogP contribution is 2.16. The number of hydrogen-bond acceptors (Lipinski definition) is 6. The molecule has 0 aliphatic rings. The second kappa shape index (κ2) is 6.44. The topological polar surface area (TPSA) is 60.5 Å². The molecule has 0 aromatic carbocycles. The summed E-state index contributed by atoms with van der Waals surface area (Å²) in [6, 6.07) is 0.164. The third-order valence-electron chi connectivity index (χ3n) is 1.84. The van der Waals surface area contributed by atoms with Crippen LogP contribution in [0.1, 0.15) is 24.3 Å². The average Bonchev–Trinajstić information content (AvgIpc) is 2.73. The number of esters is 1. The fourth-order valence-electron chi connectivity index (χ4n) is 1.09. The molecule has 0 radical (unpaired) electrons. The second-order valence-corrected chi connectivity index (χ2v) is 4.09. The number of nitrogens with one attached hydrogen (secondary N) is 1. The number of anilines is 1. The summed E-state index contributed by atoms with van der Waals surface area (Å²) in [4.78, 5) is 15.3. The van der Waals surface area contributed by atoms with Crippen LogP contribution in [-0.4, -0.2) is 37.3 Å². The Morgan fingerprint density at radius 1 is 1.69 bits per heavy atom. The summed E-state index contributed by atoms with van der Waals surface area (Å²) in [5, 5.41) is 5.52. The SMILES string of the molecule is CCOCC(C)Nc1nc(C(=O)OC)cs1. The van der Waals surface area contributed by atoms with Crippen molar-refractivity contribution in [2.45, 2.75) is 19.9 Å². The van der Waals surface area contributed by atoms with Crippen LogP contribution in [0, 0.1) is 0 Å². The first kappa shape index (κ1) is 12.9. The molecular formula is C10H16N2O3S. The Hall–Kier alpha value is -1.14. The minimum absolute atomic E-state index is 0.164. The average molecular weight is 244 g/mol. The van der Waals surface area contributed by atoms with Crippen LogP contribution >= 0.6 is 11.3 Å². The van der Waals surface area contributed by atoms with Crippen LogP contribution in [-0.2, 0) is 9.47 Å². The van der Waals surface area contributed by atoms with Crippen molar-refractivity contribution in [1.82, 2.24) is 4.98 Å². The van der Waals surface area contributed by atoms with Crippen molar-refractivity contribution < 1.29 is 14.3 Å². The summed E-state index contributed by atoms with van der Waals surface area (Å²) in [6.07, 6.45) is 0.